The molecule has 7 nitrogen and oxygen atoms in total. The molecule has 0 radical (unpaired) electrons. The number of para-hydroxylation sites is 1. The summed E-state index contributed by atoms with van der Waals surface area (Å²) in [5.41, 5.74) is 3.52. The predicted octanol–water partition coefficient (Wildman–Crippen LogP) is 4.16. The van der Waals surface area contributed by atoms with E-state index in [1.165, 1.54) is 6.92 Å². The fourth-order valence-corrected chi connectivity index (χ4v) is 3.61. The van der Waals surface area contributed by atoms with Crippen LogP contribution in [0.1, 0.15) is 23.8 Å². The van der Waals surface area contributed by atoms with Crippen LogP contribution in [0.15, 0.2) is 77.5 Å². The number of carbonyl (C=O) groups is 2. The van der Waals surface area contributed by atoms with Gasteiger partial charge in [-0.25, -0.2) is 0 Å². The van der Waals surface area contributed by atoms with Crippen molar-refractivity contribution in [3.63, 3.8) is 0 Å². The second-order valence-corrected chi connectivity index (χ2v) is 7.58. The number of anilines is 1. The number of ether oxygens (including phenoxy) is 1. The summed E-state index contributed by atoms with van der Waals surface area (Å²) in [4.78, 5) is 28.0. The van der Waals surface area contributed by atoms with E-state index in [-0.39, 0.29) is 11.8 Å². The number of hydrogen-bond donors (Lipinski definition) is 3. The van der Waals surface area contributed by atoms with Gasteiger partial charge in [-0.05, 0) is 41.5 Å². The lowest BCUT2D eigenvalue weighted by Crippen LogP contribution is -2.44. The van der Waals surface area contributed by atoms with Crippen molar-refractivity contribution in [3.05, 3.63) is 90.0 Å². The number of fused-ring (bicyclic) bond motifs is 1. The summed E-state index contributed by atoms with van der Waals surface area (Å²) in [6.07, 6.45) is 3.86. The number of aromatic nitrogens is 1. The first-order valence-electron chi connectivity index (χ1n) is 10.4. The van der Waals surface area contributed by atoms with Gasteiger partial charge in [-0.1, -0.05) is 30.3 Å². The molecular formula is C25H25N3O4. The molecule has 0 bridgehead atoms. The van der Waals surface area contributed by atoms with Gasteiger partial charge in [0.25, 0.3) is 0 Å². The Morgan fingerprint density at radius 3 is 2.75 bits per heavy atom. The third-order valence-electron chi connectivity index (χ3n) is 5.08. The summed E-state index contributed by atoms with van der Waals surface area (Å²) in [6, 6.07) is 18.3. The van der Waals surface area contributed by atoms with Crippen LogP contribution in [0.25, 0.3) is 10.9 Å². The molecule has 2 amide bonds. The molecular weight excluding hydrogens is 406 g/mol. The molecule has 3 N–H and O–H groups in total. The van der Waals surface area contributed by atoms with E-state index < -0.39 is 6.04 Å². The van der Waals surface area contributed by atoms with Crippen LogP contribution < -0.4 is 10.6 Å². The van der Waals surface area contributed by atoms with Crippen LogP contribution in [0.2, 0.25) is 0 Å². The largest absolute Gasteiger partial charge is 0.467 e. The van der Waals surface area contributed by atoms with E-state index in [4.69, 9.17) is 9.15 Å². The number of hydrogen-bond acceptors (Lipinski definition) is 4. The minimum absolute atomic E-state index is 0.259. The van der Waals surface area contributed by atoms with Crippen molar-refractivity contribution in [2.24, 2.45) is 0 Å². The topological polar surface area (TPSA) is 96.4 Å². The smallest absolute Gasteiger partial charge is 0.247 e. The first-order valence-corrected chi connectivity index (χ1v) is 10.4. The average Bonchev–Trinajstić information content (AvgIpc) is 3.44. The van der Waals surface area contributed by atoms with E-state index >= 15 is 0 Å². The third kappa shape index (κ3) is 5.44. The highest BCUT2D eigenvalue weighted by Gasteiger charge is 2.21. The van der Waals surface area contributed by atoms with E-state index in [0.29, 0.717) is 25.3 Å². The molecule has 0 saturated heterocycles. The number of amides is 2. The van der Waals surface area contributed by atoms with Crippen molar-refractivity contribution in [2.45, 2.75) is 32.6 Å². The quantitative estimate of drug-likeness (QED) is 0.371. The fraction of sp³-hybridized carbons (Fsp3) is 0.200. The number of H-pyrrole nitrogens is 1. The highest BCUT2D eigenvalue weighted by molar-refractivity contribution is 5.97. The second kappa shape index (κ2) is 9.98. The van der Waals surface area contributed by atoms with Gasteiger partial charge >= 0.3 is 0 Å². The Kier molecular flexibility index (Phi) is 6.67. The fourth-order valence-electron chi connectivity index (χ4n) is 3.61. The first-order chi connectivity index (χ1) is 15.6. The molecule has 4 aromatic rings. The zero-order chi connectivity index (χ0) is 22.3. The van der Waals surface area contributed by atoms with Gasteiger partial charge in [-0.3, -0.25) is 9.59 Å². The van der Waals surface area contributed by atoms with Crippen LogP contribution in [0, 0.1) is 0 Å². The molecule has 2 heterocycles. The summed E-state index contributed by atoms with van der Waals surface area (Å²) >= 11 is 0. The molecule has 0 saturated carbocycles. The van der Waals surface area contributed by atoms with E-state index in [1.54, 1.807) is 6.26 Å². The Balaban J connectivity index is 1.42. The Morgan fingerprint density at radius 1 is 1.06 bits per heavy atom. The lowest BCUT2D eigenvalue weighted by atomic mass is 10.0. The van der Waals surface area contributed by atoms with Gasteiger partial charge in [0.2, 0.25) is 11.8 Å². The molecule has 1 atom stereocenters. The second-order valence-electron chi connectivity index (χ2n) is 7.58. The average molecular weight is 431 g/mol. The number of nitrogens with one attached hydrogen (secondary N) is 3. The molecule has 0 aliphatic carbocycles. The molecule has 32 heavy (non-hydrogen) atoms. The zero-order valence-corrected chi connectivity index (χ0v) is 17.8. The Labute approximate surface area is 185 Å². The summed E-state index contributed by atoms with van der Waals surface area (Å²) in [5, 5.41) is 6.72. The van der Waals surface area contributed by atoms with Crippen molar-refractivity contribution in [1.82, 2.24) is 10.3 Å². The Bertz CT molecular complexity index is 1200. The molecule has 0 aliphatic heterocycles. The predicted molar refractivity (Wildman–Crippen MR) is 122 cm³/mol. The van der Waals surface area contributed by atoms with Gasteiger partial charge in [0.15, 0.2) is 0 Å². The van der Waals surface area contributed by atoms with Crippen LogP contribution in [0.5, 0.6) is 0 Å². The van der Waals surface area contributed by atoms with Crippen molar-refractivity contribution in [3.8, 4) is 0 Å². The lowest BCUT2D eigenvalue weighted by molar-refractivity contribution is -0.125. The van der Waals surface area contributed by atoms with E-state index in [9.17, 15) is 9.59 Å². The van der Waals surface area contributed by atoms with Crippen LogP contribution in [-0.2, 0) is 34.0 Å². The number of carbonyl (C=O) groups excluding carboxylic acids is 2. The van der Waals surface area contributed by atoms with E-state index in [2.05, 4.69) is 15.6 Å². The van der Waals surface area contributed by atoms with E-state index in [1.807, 2.05) is 66.9 Å². The maximum atomic E-state index is 13.0. The highest BCUT2D eigenvalue weighted by atomic mass is 16.5. The first kappa shape index (κ1) is 21.4. The molecule has 1 unspecified atom stereocenters. The molecule has 7 heteroatoms. The summed E-state index contributed by atoms with van der Waals surface area (Å²) in [5.74, 6) is 0.217. The molecule has 4 rings (SSSR count). The number of furan rings is 1. The van der Waals surface area contributed by atoms with Crippen LogP contribution in [0.3, 0.4) is 0 Å². The molecule has 2 aromatic carbocycles. The van der Waals surface area contributed by atoms with Gasteiger partial charge in [0, 0.05) is 36.1 Å². The summed E-state index contributed by atoms with van der Waals surface area (Å²) in [7, 11) is 0. The Hall–Kier alpha value is -3.84. The molecule has 0 fully saturated rings. The summed E-state index contributed by atoms with van der Waals surface area (Å²) < 4.78 is 10.9. The summed E-state index contributed by atoms with van der Waals surface area (Å²) in [6.45, 7) is 2.17. The minimum Gasteiger partial charge on any atom is -0.467 e. The monoisotopic (exact) mass is 431 g/mol. The van der Waals surface area contributed by atoms with Crippen molar-refractivity contribution < 1.29 is 18.7 Å². The molecule has 0 spiro atoms. The van der Waals surface area contributed by atoms with Crippen molar-refractivity contribution in [1.29, 1.82) is 0 Å². The number of benzene rings is 2. The maximum absolute atomic E-state index is 13.0. The van der Waals surface area contributed by atoms with Gasteiger partial charge in [-0.15, -0.1) is 0 Å². The molecule has 0 aliphatic rings. The van der Waals surface area contributed by atoms with Gasteiger partial charge in [-0.2, -0.15) is 0 Å². The van der Waals surface area contributed by atoms with Crippen molar-refractivity contribution in [2.75, 3.05) is 5.32 Å². The SMILES string of the molecule is CC(=O)NC(Cc1c[nH]c2ccccc12)C(=O)Nc1cccc(COCc2ccco2)c1. The maximum Gasteiger partial charge on any atom is 0.247 e. The van der Waals surface area contributed by atoms with E-state index in [0.717, 1.165) is 27.8 Å². The minimum atomic E-state index is -0.703. The van der Waals surface area contributed by atoms with Crippen molar-refractivity contribution >= 4 is 28.4 Å². The number of aromatic amines is 1. The van der Waals surface area contributed by atoms with Gasteiger partial charge < -0.3 is 24.8 Å². The van der Waals surface area contributed by atoms with Gasteiger partial charge in [0.1, 0.15) is 18.4 Å². The standard InChI is InChI=1S/C25H25N3O4/c1-17(29)27-24(13-19-14-26-23-10-3-2-9-22(19)23)25(30)28-20-7-4-6-18(12-20)15-31-16-21-8-5-11-32-21/h2-12,14,24,26H,13,15-16H2,1H3,(H,27,29)(H,28,30). The van der Waals surface area contributed by atoms with Crippen LogP contribution >= 0.6 is 0 Å². The highest BCUT2D eigenvalue weighted by Crippen LogP contribution is 2.20. The normalized spacial score (nSPS) is 11.9. The molecule has 164 valence electrons. The van der Waals surface area contributed by atoms with Gasteiger partial charge in [0.05, 0.1) is 12.9 Å². The zero-order valence-electron chi connectivity index (χ0n) is 17.8. The molecule has 2 aromatic heterocycles. The number of rotatable bonds is 9. The van der Waals surface area contributed by atoms with Crippen LogP contribution in [-0.4, -0.2) is 22.8 Å². The Morgan fingerprint density at radius 2 is 1.94 bits per heavy atom. The lowest BCUT2D eigenvalue weighted by Gasteiger charge is -2.18. The van der Waals surface area contributed by atoms with Crippen LogP contribution in [0.4, 0.5) is 5.69 Å². The third-order valence-corrected chi connectivity index (χ3v) is 5.08.